The Hall–Kier alpha value is -1.09. The van der Waals surface area contributed by atoms with Gasteiger partial charge in [0.1, 0.15) is 0 Å². The maximum Gasteiger partial charge on any atom is 0.156 e. The summed E-state index contributed by atoms with van der Waals surface area (Å²) in [5.41, 5.74) is 1.33. The van der Waals surface area contributed by atoms with Crippen LogP contribution in [-0.4, -0.2) is 21.1 Å². The summed E-state index contributed by atoms with van der Waals surface area (Å²) in [7, 11) is 0. The molecule has 0 saturated heterocycles. The molecule has 5 rings (SSSR count). The van der Waals surface area contributed by atoms with E-state index >= 15 is 0 Å². The first-order valence-electron chi connectivity index (χ1n) is 12.5. The number of rotatable bonds is 3. The van der Waals surface area contributed by atoms with Crippen molar-refractivity contribution in [2.24, 2.45) is 40.4 Å². The molecule has 4 fully saturated rings. The molecule has 0 bridgehead atoms. The fourth-order valence-electron chi connectivity index (χ4n) is 8.92. The predicted octanol–water partition coefficient (Wildman–Crippen LogP) is 5.78. The lowest BCUT2D eigenvalue weighted by Crippen LogP contribution is -2.55. The lowest BCUT2D eigenvalue weighted by atomic mass is 9.44. The first kappa shape index (κ1) is 20.8. The minimum atomic E-state index is -0.457. The van der Waals surface area contributed by atoms with Gasteiger partial charge in [-0.3, -0.25) is 4.79 Å². The van der Waals surface area contributed by atoms with Gasteiger partial charge < -0.3 is 9.67 Å². The number of aryl methyl sites for hydroxylation is 1. The molecule has 0 spiro atoms. The SMILES string of the molecule is Cc1cccn1CC(=O)[C@H]1CC[C@H]2[C@@H]3CC[C@H]4C[C@](C)(O)CC[C@]4(C)[C@H]3CC[C@]12C. The summed E-state index contributed by atoms with van der Waals surface area (Å²) in [5.74, 6) is 3.69. The summed E-state index contributed by atoms with van der Waals surface area (Å²) < 4.78 is 2.13. The van der Waals surface area contributed by atoms with E-state index in [4.69, 9.17) is 0 Å². The van der Waals surface area contributed by atoms with Crippen LogP contribution in [0, 0.1) is 47.3 Å². The molecule has 1 aromatic heterocycles. The Labute approximate surface area is 182 Å². The summed E-state index contributed by atoms with van der Waals surface area (Å²) in [4.78, 5) is 13.4. The van der Waals surface area contributed by atoms with Crippen molar-refractivity contribution in [3.63, 3.8) is 0 Å². The van der Waals surface area contributed by atoms with Crippen LogP contribution in [0.15, 0.2) is 18.3 Å². The third-order valence-electron chi connectivity index (χ3n) is 10.7. The molecule has 1 N–H and O–H groups in total. The zero-order valence-electron chi connectivity index (χ0n) is 19.5. The molecule has 0 unspecified atom stereocenters. The van der Waals surface area contributed by atoms with Crippen LogP contribution in [-0.2, 0) is 11.3 Å². The summed E-state index contributed by atoms with van der Waals surface area (Å²) in [6.45, 7) is 9.72. The molecule has 4 aliphatic rings. The van der Waals surface area contributed by atoms with Gasteiger partial charge in [0.2, 0.25) is 0 Å². The largest absolute Gasteiger partial charge is 0.390 e. The fourth-order valence-corrected chi connectivity index (χ4v) is 8.92. The second-order valence-electron chi connectivity index (χ2n) is 12.3. The van der Waals surface area contributed by atoms with E-state index in [1.165, 1.54) is 44.2 Å². The molecule has 1 aromatic rings. The summed E-state index contributed by atoms with van der Waals surface area (Å²) in [5, 5.41) is 10.7. The fraction of sp³-hybridized carbons (Fsp3) is 0.815. The van der Waals surface area contributed by atoms with Crippen molar-refractivity contribution in [3.05, 3.63) is 24.0 Å². The van der Waals surface area contributed by atoms with Gasteiger partial charge in [-0.05, 0) is 118 Å². The molecule has 8 atom stereocenters. The maximum atomic E-state index is 13.4. The Morgan fingerprint density at radius 3 is 2.53 bits per heavy atom. The monoisotopic (exact) mass is 411 g/mol. The summed E-state index contributed by atoms with van der Waals surface area (Å²) in [6.07, 6.45) is 12.6. The highest BCUT2D eigenvalue weighted by molar-refractivity contribution is 5.82. The van der Waals surface area contributed by atoms with Gasteiger partial charge in [-0.2, -0.15) is 0 Å². The number of aromatic nitrogens is 1. The molecular formula is C27H41NO2. The molecule has 0 amide bonds. The van der Waals surface area contributed by atoms with Crippen LogP contribution < -0.4 is 0 Å². The van der Waals surface area contributed by atoms with E-state index in [1.807, 2.05) is 6.07 Å². The van der Waals surface area contributed by atoms with Gasteiger partial charge in [0.25, 0.3) is 0 Å². The standard InChI is InChI=1S/C27H41NO2/c1-18-6-5-15-28(18)17-24(29)23-10-9-21-20-8-7-19-16-25(2,30)13-14-26(19,3)22(20)11-12-27(21,23)4/h5-6,15,19-23,30H,7-14,16-17H2,1-4H3/t19-,20-,21-,22-,23+,25+,26-,27-/m0/s1. The van der Waals surface area contributed by atoms with Crippen molar-refractivity contribution in [1.29, 1.82) is 0 Å². The lowest BCUT2D eigenvalue weighted by Gasteiger charge is -2.61. The molecule has 30 heavy (non-hydrogen) atoms. The number of ketones is 1. The smallest absolute Gasteiger partial charge is 0.156 e. The average molecular weight is 412 g/mol. The van der Waals surface area contributed by atoms with E-state index in [2.05, 4.69) is 44.5 Å². The van der Waals surface area contributed by atoms with Gasteiger partial charge in [-0.1, -0.05) is 13.8 Å². The number of Topliss-reactive ketones (excluding diaryl/α,β-unsaturated/α-hetero) is 1. The Kier molecular flexibility index (Phi) is 4.82. The Morgan fingerprint density at radius 2 is 1.80 bits per heavy atom. The minimum Gasteiger partial charge on any atom is -0.390 e. The first-order chi connectivity index (χ1) is 14.1. The molecule has 0 aromatic carbocycles. The minimum absolute atomic E-state index is 0.197. The Balaban J connectivity index is 1.35. The Bertz CT molecular complexity index is 825. The predicted molar refractivity (Wildman–Crippen MR) is 120 cm³/mol. The zero-order chi connectivity index (χ0) is 21.3. The van der Waals surface area contributed by atoms with Gasteiger partial charge in [0, 0.05) is 17.8 Å². The van der Waals surface area contributed by atoms with Gasteiger partial charge in [-0.25, -0.2) is 0 Å². The van der Waals surface area contributed by atoms with Gasteiger partial charge in [0.05, 0.1) is 12.1 Å². The quantitative estimate of drug-likeness (QED) is 0.685. The number of aliphatic hydroxyl groups is 1. The third-order valence-corrected chi connectivity index (χ3v) is 10.7. The normalized spacial score (nSPS) is 48.0. The molecular weight excluding hydrogens is 370 g/mol. The number of fused-ring (bicyclic) bond motifs is 5. The molecule has 0 aliphatic heterocycles. The van der Waals surface area contributed by atoms with Crippen molar-refractivity contribution in [1.82, 2.24) is 4.57 Å². The average Bonchev–Trinajstić information content (AvgIpc) is 3.24. The second-order valence-corrected chi connectivity index (χ2v) is 12.3. The first-order valence-corrected chi connectivity index (χ1v) is 12.5. The van der Waals surface area contributed by atoms with Crippen LogP contribution in [0.4, 0.5) is 0 Å². The molecule has 3 nitrogen and oxygen atoms in total. The number of carbonyl (C=O) groups excluding carboxylic acids is 1. The zero-order valence-corrected chi connectivity index (χ0v) is 19.5. The van der Waals surface area contributed by atoms with E-state index in [0.717, 1.165) is 37.0 Å². The van der Waals surface area contributed by atoms with Crippen LogP contribution in [0.3, 0.4) is 0 Å². The van der Waals surface area contributed by atoms with Crippen molar-refractivity contribution < 1.29 is 9.90 Å². The van der Waals surface area contributed by atoms with E-state index < -0.39 is 5.60 Å². The number of carbonyl (C=O) groups is 1. The van der Waals surface area contributed by atoms with Crippen LogP contribution in [0.1, 0.15) is 84.3 Å². The van der Waals surface area contributed by atoms with E-state index in [1.54, 1.807) is 0 Å². The molecule has 4 saturated carbocycles. The highest BCUT2D eigenvalue weighted by Crippen LogP contribution is 2.68. The van der Waals surface area contributed by atoms with Gasteiger partial charge in [-0.15, -0.1) is 0 Å². The number of nitrogens with zero attached hydrogens (tertiary/aromatic N) is 1. The van der Waals surface area contributed by atoms with Crippen LogP contribution in [0.25, 0.3) is 0 Å². The highest BCUT2D eigenvalue weighted by atomic mass is 16.3. The molecule has 166 valence electrons. The molecule has 3 heteroatoms. The van der Waals surface area contributed by atoms with Gasteiger partial charge >= 0.3 is 0 Å². The third kappa shape index (κ3) is 3.05. The van der Waals surface area contributed by atoms with E-state index in [-0.39, 0.29) is 11.3 Å². The van der Waals surface area contributed by atoms with Gasteiger partial charge in [0.15, 0.2) is 5.78 Å². The maximum absolute atomic E-state index is 13.4. The van der Waals surface area contributed by atoms with Crippen molar-refractivity contribution in [2.75, 3.05) is 0 Å². The number of hydrogen-bond donors (Lipinski definition) is 1. The van der Waals surface area contributed by atoms with Crippen LogP contribution in [0.2, 0.25) is 0 Å². The second kappa shape index (κ2) is 6.95. The van der Waals surface area contributed by atoms with Crippen LogP contribution >= 0.6 is 0 Å². The highest BCUT2D eigenvalue weighted by Gasteiger charge is 2.61. The Morgan fingerprint density at radius 1 is 1.03 bits per heavy atom. The van der Waals surface area contributed by atoms with Crippen molar-refractivity contribution in [3.8, 4) is 0 Å². The van der Waals surface area contributed by atoms with E-state index in [0.29, 0.717) is 23.7 Å². The topological polar surface area (TPSA) is 42.2 Å². The molecule has 4 aliphatic carbocycles. The summed E-state index contributed by atoms with van der Waals surface area (Å²) in [6, 6.07) is 4.14. The lowest BCUT2D eigenvalue weighted by molar-refractivity contribution is -0.151. The van der Waals surface area contributed by atoms with Crippen LogP contribution in [0.5, 0.6) is 0 Å². The van der Waals surface area contributed by atoms with Crippen molar-refractivity contribution in [2.45, 2.75) is 97.6 Å². The molecule has 0 radical (unpaired) electrons. The van der Waals surface area contributed by atoms with Crippen molar-refractivity contribution >= 4 is 5.78 Å². The number of hydrogen-bond acceptors (Lipinski definition) is 2. The van der Waals surface area contributed by atoms with E-state index in [9.17, 15) is 9.90 Å². The summed E-state index contributed by atoms with van der Waals surface area (Å²) >= 11 is 0. The molecule has 1 heterocycles.